The summed E-state index contributed by atoms with van der Waals surface area (Å²) in [6.07, 6.45) is 7.35. The Hall–Kier alpha value is -2.80. The van der Waals surface area contributed by atoms with Crippen molar-refractivity contribution in [2.24, 2.45) is 10.9 Å². The Kier molecular flexibility index (Phi) is 7.42. The lowest BCUT2D eigenvalue weighted by Crippen LogP contribution is -2.46. The van der Waals surface area contributed by atoms with Crippen molar-refractivity contribution in [3.05, 3.63) is 53.6 Å². The molecular weight excluding hydrogens is 458 g/mol. The van der Waals surface area contributed by atoms with Crippen LogP contribution in [0.1, 0.15) is 67.8 Å². The second-order valence-corrected chi connectivity index (χ2v) is 10.6. The molecule has 1 saturated carbocycles. The number of ether oxygens (including phenoxy) is 1. The highest BCUT2D eigenvalue weighted by atomic mass is 32.2. The highest BCUT2D eigenvalue weighted by molar-refractivity contribution is 7.99. The summed E-state index contributed by atoms with van der Waals surface area (Å²) in [4.78, 5) is 34.3. The van der Waals surface area contributed by atoms with Crippen LogP contribution < -0.4 is 5.32 Å². The normalized spacial score (nSPS) is 18.7. The van der Waals surface area contributed by atoms with Gasteiger partial charge in [-0.3, -0.25) is 9.79 Å². The molecule has 0 aromatic heterocycles. The Morgan fingerprint density at radius 3 is 2.57 bits per heavy atom. The van der Waals surface area contributed by atoms with E-state index in [2.05, 4.69) is 29.6 Å². The number of hydrogen-bond acceptors (Lipinski definition) is 5. The number of carbonyl (C=O) groups excluding carboxylic acids is 2. The first-order chi connectivity index (χ1) is 17.1. The van der Waals surface area contributed by atoms with Crippen molar-refractivity contribution < 1.29 is 14.3 Å². The van der Waals surface area contributed by atoms with E-state index in [1.165, 1.54) is 48.3 Å². The molecule has 1 aliphatic carbocycles. The van der Waals surface area contributed by atoms with E-state index in [4.69, 9.17) is 9.73 Å². The molecule has 5 rings (SSSR count). The lowest BCUT2D eigenvalue weighted by molar-refractivity contribution is 0.0860. The second-order valence-electron chi connectivity index (χ2n) is 9.55. The van der Waals surface area contributed by atoms with Crippen LogP contribution in [0.4, 0.5) is 10.5 Å². The summed E-state index contributed by atoms with van der Waals surface area (Å²) in [7, 11) is 0. The minimum atomic E-state index is -0.270. The molecule has 6 nitrogen and oxygen atoms in total. The van der Waals surface area contributed by atoms with Crippen LogP contribution in [0, 0.1) is 5.92 Å². The third-order valence-electron chi connectivity index (χ3n) is 7.19. The first kappa shape index (κ1) is 23.9. The SMILES string of the molecule is CCOC(=O)N1CCC(NC(=O)c2ccc3c(c2)N=C(C2CCCCC2)c2ccccc2S3)CC1. The summed E-state index contributed by atoms with van der Waals surface area (Å²) in [6.45, 7) is 3.38. The summed E-state index contributed by atoms with van der Waals surface area (Å²) in [5.41, 5.74) is 3.93. The quantitative estimate of drug-likeness (QED) is 0.553. The lowest BCUT2D eigenvalue weighted by Gasteiger charge is -2.31. The summed E-state index contributed by atoms with van der Waals surface area (Å²) >= 11 is 1.74. The molecule has 1 saturated heterocycles. The monoisotopic (exact) mass is 491 g/mol. The highest BCUT2D eigenvalue weighted by Crippen LogP contribution is 2.43. The number of hydrogen-bond donors (Lipinski definition) is 1. The van der Waals surface area contributed by atoms with Crippen LogP contribution in [0.25, 0.3) is 0 Å². The number of benzene rings is 2. The summed E-state index contributed by atoms with van der Waals surface area (Å²) < 4.78 is 5.09. The van der Waals surface area contributed by atoms with Gasteiger partial charge >= 0.3 is 6.09 Å². The third kappa shape index (κ3) is 5.40. The smallest absolute Gasteiger partial charge is 0.409 e. The van der Waals surface area contributed by atoms with Gasteiger partial charge in [0.2, 0.25) is 0 Å². The van der Waals surface area contributed by atoms with E-state index >= 15 is 0 Å². The van der Waals surface area contributed by atoms with Gasteiger partial charge in [0.15, 0.2) is 0 Å². The number of amides is 2. The molecular formula is C28H33N3O3S. The van der Waals surface area contributed by atoms with Crippen LogP contribution in [0.5, 0.6) is 0 Å². The molecule has 2 fully saturated rings. The van der Waals surface area contributed by atoms with E-state index < -0.39 is 0 Å². The fraction of sp³-hybridized carbons (Fsp3) is 0.464. The minimum Gasteiger partial charge on any atom is -0.450 e. The zero-order valence-corrected chi connectivity index (χ0v) is 21.1. The van der Waals surface area contributed by atoms with Crippen LogP contribution in [0.15, 0.2) is 57.2 Å². The number of fused-ring (bicyclic) bond motifs is 2. The Balaban J connectivity index is 1.34. The van der Waals surface area contributed by atoms with Gasteiger partial charge in [-0.25, -0.2) is 4.79 Å². The molecule has 7 heteroatoms. The molecule has 0 radical (unpaired) electrons. The fourth-order valence-corrected chi connectivity index (χ4v) is 6.30. The van der Waals surface area contributed by atoms with E-state index in [9.17, 15) is 9.59 Å². The van der Waals surface area contributed by atoms with Crippen molar-refractivity contribution in [1.29, 1.82) is 0 Å². The average Bonchev–Trinajstić information content (AvgIpc) is 3.06. The number of aliphatic imine (C=N–C) groups is 1. The predicted octanol–water partition coefficient (Wildman–Crippen LogP) is 6.20. The van der Waals surface area contributed by atoms with Gasteiger partial charge in [0.1, 0.15) is 0 Å². The molecule has 2 heterocycles. The van der Waals surface area contributed by atoms with Crippen LogP contribution in [-0.2, 0) is 4.74 Å². The van der Waals surface area contributed by atoms with E-state index in [0.29, 0.717) is 31.2 Å². The number of piperidine rings is 1. The van der Waals surface area contributed by atoms with E-state index in [1.807, 2.05) is 25.1 Å². The zero-order chi connectivity index (χ0) is 24.2. The first-order valence-electron chi connectivity index (χ1n) is 12.8. The second kappa shape index (κ2) is 10.9. The maximum Gasteiger partial charge on any atom is 0.409 e. The number of likely N-dealkylation sites (tertiary alicyclic amines) is 1. The molecule has 0 bridgehead atoms. The van der Waals surface area contributed by atoms with Gasteiger partial charge in [-0.2, -0.15) is 0 Å². The van der Waals surface area contributed by atoms with E-state index in [1.54, 1.807) is 16.7 Å². The lowest BCUT2D eigenvalue weighted by atomic mass is 9.83. The maximum atomic E-state index is 13.1. The first-order valence-corrected chi connectivity index (χ1v) is 13.7. The van der Waals surface area contributed by atoms with Crippen molar-refractivity contribution in [2.45, 2.75) is 67.7 Å². The Morgan fingerprint density at radius 2 is 1.80 bits per heavy atom. The third-order valence-corrected chi connectivity index (χ3v) is 8.33. The highest BCUT2D eigenvalue weighted by Gasteiger charge is 2.27. The largest absolute Gasteiger partial charge is 0.450 e. The average molecular weight is 492 g/mol. The van der Waals surface area contributed by atoms with E-state index in [0.717, 1.165) is 23.4 Å². The molecule has 2 amide bonds. The van der Waals surface area contributed by atoms with Crippen LogP contribution >= 0.6 is 11.8 Å². The van der Waals surface area contributed by atoms with E-state index in [-0.39, 0.29) is 18.0 Å². The molecule has 184 valence electrons. The zero-order valence-electron chi connectivity index (χ0n) is 20.3. The van der Waals surface area contributed by atoms with Crippen LogP contribution in [-0.4, -0.2) is 48.4 Å². The molecule has 35 heavy (non-hydrogen) atoms. The fourth-order valence-electron chi connectivity index (χ4n) is 5.29. The molecule has 2 aliphatic heterocycles. The Bertz CT molecular complexity index is 1120. The number of carbonyl (C=O) groups is 2. The standard InChI is InChI=1S/C28H33N3O3S/c1-2-34-28(33)31-16-14-21(15-17-31)29-27(32)20-12-13-25-23(18-20)30-26(19-8-4-3-5-9-19)22-10-6-7-11-24(22)35-25/h6-7,10-13,18-19,21H,2-5,8-9,14-17H2,1H3,(H,29,32). The number of rotatable bonds is 4. The van der Waals surface area contributed by atoms with Gasteiger partial charge in [0.05, 0.1) is 18.0 Å². The van der Waals surface area contributed by atoms with Crippen molar-refractivity contribution in [1.82, 2.24) is 10.2 Å². The Labute approximate surface area is 211 Å². The van der Waals surface area contributed by atoms with Gasteiger partial charge in [0.25, 0.3) is 5.91 Å². The predicted molar refractivity (Wildman–Crippen MR) is 139 cm³/mol. The van der Waals surface area contributed by atoms with Gasteiger partial charge in [-0.05, 0) is 56.9 Å². The summed E-state index contributed by atoms with van der Waals surface area (Å²) in [5.74, 6) is 0.391. The molecule has 3 aliphatic rings. The topological polar surface area (TPSA) is 71.0 Å². The van der Waals surface area contributed by atoms with Gasteiger partial charge in [-0.1, -0.05) is 49.2 Å². The maximum absolute atomic E-state index is 13.1. The van der Waals surface area contributed by atoms with Crippen molar-refractivity contribution >= 4 is 35.2 Å². The molecule has 0 spiro atoms. The number of nitrogens with zero attached hydrogens (tertiary/aromatic N) is 2. The molecule has 2 aromatic rings. The van der Waals surface area contributed by atoms with Gasteiger partial charge < -0.3 is 15.0 Å². The molecule has 0 atom stereocenters. The number of nitrogens with one attached hydrogen (secondary N) is 1. The van der Waals surface area contributed by atoms with Crippen LogP contribution in [0.2, 0.25) is 0 Å². The van der Waals surface area contributed by atoms with Crippen LogP contribution in [0.3, 0.4) is 0 Å². The van der Waals surface area contributed by atoms with Gasteiger partial charge in [0, 0.05) is 46.0 Å². The van der Waals surface area contributed by atoms with Crippen molar-refractivity contribution in [3.8, 4) is 0 Å². The molecule has 0 unspecified atom stereocenters. The molecule has 1 N–H and O–H groups in total. The summed E-state index contributed by atoms with van der Waals surface area (Å²) in [6, 6.07) is 14.5. The van der Waals surface area contributed by atoms with Crippen molar-refractivity contribution in [2.75, 3.05) is 19.7 Å². The van der Waals surface area contributed by atoms with Crippen molar-refractivity contribution in [3.63, 3.8) is 0 Å². The summed E-state index contributed by atoms with van der Waals surface area (Å²) in [5, 5.41) is 3.17. The van der Waals surface area contributed by atoms with Gasteiger partial charge in [-0.15, -0.1) is 0 Å². The molecule has 2 aromatic carbocycles. The minimum absolute atomic E-state index is 0.0481. The Morgan fingerprint density at radius 1 is 1.03 bits per heavy atom.